The minimum absolute atomic E-state index is 0.0127. The molecule has 0 unspecified atom stereocenters. The van der Waals surface area contributed by atoms with Gasteiger partial charge in [0, 0.05) is 26.1 Å². The van der Waals surface area contributed by atoms with Gasteiger partial charge in [0.25, 0.3) is 5.56 Å². The Kier molecular flexibility index (Phi) is 5.27. The van der Waals surface area contributed by atoms with E-state index in [9.17, 15) is 9.59 Å². The standard InChI is InChI=1S/C17H25N5O2/c1-21-16-14(11-19-21)17(24)22(12-18-16)10-9-15(23)20-13-7-5-3-2-4-6-8-13/h11-13H,2-10H2,1H3,(H,20,23). The molecule has 0 atom stereocenters. The summed E-state index contributed by atoms with van der Waals surface area (Å²) >= 11 is 0. The number of nitrogens with one attached hydrogen (secondary N) is 1. The Morgan fingerprint density at radius 2 is 1.96 bits per heavy atom. The van der Waals surface area contributed by atoms with Crippen molar-refractivity contribution in [3.05, 3.63) is 22.9 Å². The summed E-state index contributed by atoms with van der Waals surface area (Å²) in [4.78, 5) is 28.8. The molecule has 7 nitrogen and oxygen atoms in total. The van der Waals surface area contributed by atoms with Crippen molar-refractivity contribution in [2.45, 2.75) is 64.0 Å². The van der Waals surface area contributed by atoms with Crippen LogP contribution < -0.4 is 10.9 Å². The second kappa shape index (κ2) is 7.59. The van der Waals surface area contributed by atoms with Crippen molar-refractivity contribution in [3.8, 4) is 0 Å². The first-order chi connectivity index (χ1) is 11.6. The number of aromatic nitrogens is 4. The number of aryl methyl sites for hydroxylation is 2. The first-order valence-corrected chi connectivity index (χ1v) is 8.81. The number of nitrogens with zero attached hydrogens (tertiary/aromatic N) is 4. The van der Waals surface area contributed by atoms with E-state index in [4.69, 9.17) is 0 Å². The monoisotopic (exact) mass is 331 g/mol. The molecule has 1 amide bonds. The van der Waals surface area contributed by atoms with Crippen molar-refractivity contribution in [3.63, 3.8) is 0 Å². The Morgan fingerprint density at radius 3 is 2.71 bits per heavy atom. The molecule has 0 spiro atoms. The van der Waals surface area contributed by atoms with Gasteiger partial charge < -0.3 is 5.32 Å². The van der Waals surface area contributed by atoms with E-state index in [2.05, 4.69) is 15.4 Å². The van der Waals surface area contributed by atoms with Crippen molar-refractivity contribution in [1.82, 2.24) is 24.6 Å². The van der Waals surface area contributed by atoms with Gasteiger partial charge in [-0.1, -0.05) is 32.1 Å². The van der Waals surface area contributed by atoms with Crippen LogP contribution in [0.15, 0.2) is 17.3 Å². The fourth-order valence-corrected chi connectivity index (χ4v) is 3.35. The molecule has 2 heterocycles. The number of carbonyl (C=O) groups excluding carboxylic acids is 1. The fourth-order valence-electron chi connectivity index (χ4n) is 3.35. The third kappa shape index (κ3) is 3.83. The topological polar surface area (TPSA) is 81.8 Å². The Hall–Kier alpha value is -2.18. The summed E-state index contributed by atoms with van der Waals surface area (Å²) in [6, 6.07) is 0.286. The number of fused-ring (bicyclic) bond motifs is 1. The minimum Gasteiger partial charge on any atom is -0.353 e. The summed E-state index contributed by atoms with van der Waals surface area (Å²) in [6.07, 6.45) is 11.7. The van der Waals surface area contributed by atoms with E-state index in [0.29, 0.717) is 24.0 Å². The van der Waals surface area contributed by atoms with Crippen molar-refractivity contribution >= 4 is 16.9 Å². The predicted molar refractivity (Wildman–Crippen MR) is 91.6 cm³/mol. The third-order valence-electron chi connectivity index (χ3n) is 4.77. The molecule has 0 radical (unpaired) electrons. The van der Waals surface area contributed by atoms with Crippen LogP contribution in [0.2, 0.25) is 0 Å². The maximum Gasteiger partial charge on any atom is 0.264 e. The van der Waals surface area contributed by atoms with Crippen molar-refractivity contribution < 1.29 is 4.79 Å². The van der Waals surface area contributed by atoms with Crippen LogP contribution in [0.1, 0.15) is 51.4 Å². The highest BCUT2D eigenvalue weighted by Gasteiger charge is 2.14. The summed E-state index contributed by atoms with van der Waals surface area (Å²) in [7, 11) is 1.75. The van der Waals surface area contributed by atoms with E-state index in [1.54, 1.807) is 11.7 Å². The van der Waals surface area contributed by atoms with Gasteiger partial charge in [0.1, 0.15) is 5.39 Å². The van der Waals surface area contributed by atoms with Crippen LogP contribution >= 0.6 is 0 Å². The first-order valence-electron chi connectivity index (χ1n) is 8.81. The van der Waals surface area contributed by atoms with E-state index in [1.807, 2.05) is 0 Å². The van der Waals surface area contributed by atoms with Gasteiger partial charge in [-0.25, -0.2) is 4.98 Å². The van der Waals surface area contributed by atoms with Gasteiger partial charge in [-0.3, -0.25) is 18.8 Å². The highest BCUT2D eigenvalue weighted by Crippen LogP contribution is 2.17. The first kappa shape index (κ1) is 16.7. The fraction of sp³-hybridized carbons (Fsp3) is 0.647. The number of amides is 1. The van der Waals surface area contributed by atoms with Crippen molar-refractivity contribution in [2.75, 3.05) is 0 Å². The van der Waals surface area contributed by atoms with Crippen LogP contribution in [0.5, 0.6) is 0 Å². The molecule has 0 bridgehead atoms. The number of hydrogen-bond acceptors (Lipinski definition) is 4. The zero-order valence-corrected chi connectivity index (χ0v) is 14.2. The van der Waals surface area contributed by atoms with Gasteiger partial charge in [-0.05, 0) is 12.8 Å². The van der Waals surface area contributed by atoms with Crippen LogP contribution in [0.3, 0.4) is 0 Å². The van der Waals surface area contributed by atoms with Crippen LogP contribution in [-0.4, -0.2) is 31.3 Å². The van der Waals surface area contributed by atoms with E-state index >= 15 is 0 Å². The lowest BCUT2D eigenvalue weighted by Crippen LogP contribution is -2.36. The number of hydrogen-bond donors (Lipinski definition) is 1. The molecule has 3 rings (SSSR count). The summed E-state index contributed by atoms with van der Waals surface area (Å²) in [6.45, 7) is 0.342. The predicted octanol–water partition coefficient (Wildman–Crippen LogP) is 1.75. The highest BCUT2D eigenvalue weighted by atomic mass is 16.2. The summed E-state index contributed by atoms with van der Waals surface area (Å²) in [5, 5.41) is 7.66. The zero-order valence-electron chi connectivity index (χ0n) is 14.2. The molecule has 1 N–H and O–H groups in total. The van der Waals surface area contributed by atoms with Gasteiger partial charge in [-0.15, -0.1) is 0 Å². The van der Waals surface area contributed by atoms with Gasteiger partial charge in [-0.2, -0.15) is 5.10 Å². The highest BCUT2D eigenvalue weighted by molar-refractivity contribution is 5.76. The molecule has 1 aliphatic rings. The second-order valence-corrected chi connectivity index (χ2v) is 6.61. The SMILES string of the molecule is Cn1ncc2c(=O)n(CCC(=O)NC3CCCCCCC3)cnc21. The smallest absolute Gasteiger partial charge is 0.264 e. The van der Waals surface area contributed by atoms with Gasteiger partial charge >= 0.3 is 0 Å². The van der Waals surface area contributed by atoms with Crippen LogP contribution in [0.4, 0.5) is 0 Å². The second-order valence-electron chi connectivity index (χ2n) is 6.61. The molecule has 1 fully saturated rings. The lowest BCUT2D eigenvalue weighted by molar-refractivity contribution is -0.122. The summed E-state index contributed by atoms with van der Waals surface area (Å²) in [5.41, 5.74) is 0.419. The average Bonchev–Trinajstić information content (AvgIpc) is 2.91. The molecule has 24 heavy (non-hydrogen) atoms. The maximum absolute atomic E-state index is 12.4. The average molecular weight is 331 g/mol. The molecule has 1 saturated carbocycles. The Morgan fingerprint density at radius 1 is 1.25 bits per heavy atom. The summed E-state index contributed by atoms with van der Waals surface area (Å²) < 4.78 is 3.06. The largest absolute Gasteiger partial charge is 0.353 e. The number of carbonyl (C=O) groups is 1. The van der Waals surface area contributed by atoms with E-state index < -0.39 is 0 Å². The van der Waals surface area contributed by atoms with Gasteiger partial charge in [0.2, 0.25) is 5.91 Å². The lowest BCUT2D eigenvalue weighted by atomic mass is 9.96. The normalized spacial score (nSPS) is 16.7. The molecule has 2 aromatic heterocycles. The van der Waals surface area contributed by atoms with E-state index in [-0.39, 0.29) is 17.5 Å². The van der Waals surface area contributed by atoms with Crippen LogP contribution in [-0.2, 0) is 18.4 Å². The maximum atomic E-state index is 12.4. The van der Waals surface area contributed by atoms with E-state index in [1.165, 1.54) is 49.2 Å². The number of rotatable bonds is 4. The van der Waals surface area contributed by atoms with Crippen molar-refractivity contribution in [2.24, 2.45) is 7.05 Å². The molecule has 2 aromatic rings. The molecule has 0 aromatic carbocycles. The van der Waals surface area contributed by atoms with Gasteiger partial charge in [0.15, 0.2) is 5.65 Å². The molecule has 0 saturated heterocycles. The lowest BCUT2D eigenvalue weighted by Gasteiger charge is -2.21. The van der Waals surface area contributed by atoms with E-state index in [0.717, 1.165) is 12.8 Å². The zero-order chi connectivity index (χ0) is 16.9. The molecule has 7 heteroatoms. The molecular weight excluding hydrogens is 306 g/mol. The third-order valence-corrected chi connectivity index (χ3v) is 4.77. The molecule has 130 valence electrons. The Labute approximate surface area is 141 Å². The van der Waals surface area contributed by atoms with Crippen LogP contribution in [0, 0.1) is 0 Å². The van der Waals surface area contributed by atoms with Gasteiger partial charge in [0.05, 0.1) is 12.5 Å². The Bertz CT molecular complexity index is 756. The Balaban J connectivity index is 1.58. The molecule has 0 aliphatic heterocycles. The van der Waals surface area contributed by atoms with Crippen molar-refractivity contribution in [1.29, 1.82) is 0 Å². The summed E-state index contributed by atoms with van der Waals surface area (Å²) in [5.74, 6) is 0.0127. The van der Waals surface area contributed by atoms with Crippen LogP contribution in [0.25, 0.3) is 11.0 Å². The molecular formula is C17H25N5O2. The quantitative estimate of drug-likeness (QED) is 0.925. The minimum atomic E-state index is -0.146. The molecule has 1 aliphatic carbocycles.